The molecular weight excluding hydrogens is 376 g/mol. The molecule has 1 aromatic rings. The fourth-order valence-corrected chi connectivity index (χ4v) is 4.30. The molecule has 1 unspecified atom stereocenters. The monoisotopic (exact) mass is 418 g/mol. The van der Waals surface area contributed by atoms with Crippen LogP contribution >= 0.6 is 0 Å². The molecule has 0 bridgehead atoms. The molecule has 0 aromatic heterocycles. The lowest BCUT2D eigenvalue weighted by Gasteiger charge is -2.20. The van der Waals surface area contributed by atoms with E-state index in [0.29, 0.717) is 5.56 Å². The lowest BCUT2D eigenvalue weighted by atomic mass is 9.84. The van der Waals surface area contributed by atoms with Gasteiger partial charge >= 0.3 is 11.9 Å². The van der Waals surface area contributed by atoms with Crippen molar-refractivity contribution >= 4 is 11.9 Å². The second-order valence-electron chi connectivity index (χ2n) is 8.54. The van der Waals surface area contributed by atoms with Gasteiger partial charge in [-0.25, -0.2) is 9.59 Å². The van der Waals surface area contributed by atoms with E-state index in [1.807, 2.05) is 6.07 Å². The molecule has 0 heterocycles. The molecule has 0 fully saturated rings. The predicted molar refractivity (Wildman–Crippen MR) is 124 cm³/mol. The average Bonchev–Trinajstić information content (AvgIpc) is 2.73. The molecule has 4 heteroatoms. The average molecular weight is 419 g/mol. The molecule has 0 aliphatic carbocycles. The molecule has 1 aromatic carbocycles. The van der Waals surface area contributed by atoms with E-state index in [1.54, 1.807) is 6.07 Å². The fourth-order valence-electron chi connectivity index (χ4n) is 4.30. The second kappa shape index (κ2) is 15.9. The van der Waals surface area contributed by atoms with Gasteiger partial charge in [-0.05, 0) is 30.4 Å². The molecule has 0 saturated heterocycles. The van der Waals surface area contributed by atoms with E-state index in [0.717, 1.165) is 32.1 Å². The van der Waals surface area contributed by atoms with Crippen LogP contribution in [0.3, 0.4) is 0 Å². The van der Waals surface area contributed by atoms with Crippen LogP contribution in [0.5, 0.6) is 0 Å². The summed E-state index contributed by atoms with van der Waals surface area (Å²) in [5.74, 6) is -2.17. The molecule has 2 N–H and O–H groups in total. The highest BCUT2D eigenvalue weighted by molar-refractivity contribution is 6.02. The van der Waals surface area contributed by atoms with E-state index in [4.69, 9.17) is 0 Å². The Hall–Kier alpha value is -1.84. The Labute approximate surface area is 183 Å². The number of hydrogen-bond acceptors (Lipinski definition) is 2. The topological polar surface area (TPSA) is 74.6 Å². The third-order valence-corrected chi connectivity index (χ3v) is 6.04. The molecule has 0 aliphatic heterocycles. The summed E-state index contributed by atoms with van der Waals surface area (Å²) >= 11 is 0. The van der Waals surface area contributed by atoms with Crippen LogP contribution in [-0.2, 0) is 0 Å². The number of hydrogen-bond donors (Lipinski definition) is 2. The third-order valence-electron chi connectivity index (χ3n) is 6.04. The Morgan fingerprint density at radius 3 is 1.60 bits per heavy atom. The first-order chi connectivity index (χ1) is 14.5. The Morgan fingerprint density at radius 1 is 0.700 bits per heavy atom. The van der Waals surface area contributed by atoms with Crippen molar-refractivity contribution in [2.24, 2.45) is 0 Å². The van der Waals surface area contributed by atoms with Crippen molar-refractivity contribution < 1.29 is 19.8 Å². The van der Waals surface area contributed by atoms with Gasteiger partial charge in [0.1, 0.15) is 0 Å². The molecular formula is C26H42O4. The molecule has 0 saturated carbocycles. The van der Waals surface area contributed by atoms with E-state index < -0.39 is 11.9 Å². The van der Waals surface area contributed by atoms with Gasteiger partial charge in [-0.15, -0.1) is 0 Å². The maximum absolute atomic E-state index is 11.9. The summed E-state index contributed by atoms with van der Waals surface area (Å²) in [6, 6.07) is 4.93. The number of unbranched alkanes of at least 4 members (excludes halogenated alkanes) is 11. The van der Waals surface area contributed by atoms with Crippen LogP contribution in [0, 0.1) is 0 Å². The van der Waals surface area contributed by atoms with E-state index in [-0.39, 0.29) is 17.0 Å². The summed E-state index contributed by atoms with van der Waals surface area (Å²) in [6.45, 7) is 4.43. The van der Waals surface area contributed by atoms with Crippen LogP contribution in [0.4, 0.5) is 0 Å². The highest BCUT2D eigenvalue weighted by Gasteiger charge is 2.24. The number of carboxylic acid groups (broad SMARTS) is 2. The van der Waals surface area contributed by atoms with Crippen LogP contribution in [0.25, 0.3) is 0 Å². The number of aromatic carboxylic acids is 2. The third kappa shape index (κ3) is 9.77. The molecule has 0 aliphatic rings. The molecule has 30 heavy (non-hydrogen) atoms. The maximum Gasteiger partial charge on any atom is 0.336 e. The first kappa shape index (κ1) is 26.2. The van der Waals surface area contributed by atoms with Gasteiger partial charge in [0.25, 0.3) is 0 Å². The van der Waals surface area contributed by atoms with E-state index in [9.17, 15) is 19.8 Å². The van der Waals surface area contributed by atoms with Gasteiger partial charge in [0.05, 0.1) is 11.1 Å². The number of rotatable bonds is 18. The highest BCUT2D eigenvalue weighted by atomic mass is 16.4. The van der Waals surface area contributed by atoms with Gasteiger partial charge < -0.3 is 10.2 Å². The molecule has 4 nitrogen and oxygen atoms in total. The van der Waals surface area contributed by atoms with Gasteiger partial charge in [-0.3, -0.25) is 0 Å². The fraction of sp³-hybridized carbons (Fsp3) is 0.692. The lowest BCUT2D eigenvalue weighted by molar-refractivity contribution is 0.0650. The largest absolute Gasteiger partial charge is 0.478 e. The van der Waals surface area contributed by atoms with E-state index in [1.165, 1.54) is 70.3 Å². The van der Waals surface area contributed by atoms with Crippen molar-refractivity contribution in [3.05, 3.63) is 34.9 Å². The van der Waals surface area contributed by atoms with E-state index in [2.05, 4.69) is 13.8 Å². The summed E-state index contributed by atoms with van der Waals surface area (Å²) in [5, 5.41) is 19.2. The van der Waals surface area contributed by atoms with Crippen LogP contribution < -0.4 is 0 Å². The van der Waals surface area contributed by atoms with Crippen molar-refractivity contribution in [3.8, 4) is 0 Å². The zero-order chi connectivity index (χ0) is 22.2. The highest BCUT2D eigenvalue weighted by Crippen LogP contribution is 2.32. The summed E-state index contributed by atoms with van der Waals surface area (Å²) in [6.07, 6.45) is 17.7. The minimum atomic E-state index is -1.16. The molecule has 170 valence electrons. The standard InChI is InChI=1S/C26H42O4/c1-3-5-7-9-10-11-13-15-18-21(17-14-12-8-6-4-2)22-19-16-20-23(25(27)28)24(22)26(29)30/h16,19-21H,3-15,17-18H2,1-2H3,(H,27,28)(H,29,30). The summed E-state index contributed by atoms with van der Waals surface area (Å²) in [7, 11) is 0. The van der Waals surface area contributed by atoms with Crippen molar-refractivity contribution in [1.29, 1.82) is 0 Å². The quantitative estimate of drug-likeness (QED) is 0.236. The smallest absolute Gasteiger partial charge is 0.336 e. The van der Waals surface area contributed by atoms with Gasteiger partial charge in [0.2, 0.25) is 0 Å². The normalized spacial score (nSPS) is 12.1. The molecule has 1 rings (SSSR count). The SMILES string of the molecule is CCCCCCCCCCC(CCCCCCC)c1cccc(C(=O)O)c1C(=O)O. The van der Waals surface area contributed by atoms with Crippen LogP contribution in [0.2, 0.25) is 0 Å². The Morgan fingerprint density at radius 2 is 1.17 bits per heavy atom. The summed E-state index contributed by atoms with van der Waals surface area (Å²) < 4.78 is 0. The maximum atomic E-state index is 11.9. The van der Waals surface area contributed by atoms with Gasteiger partial charge in [-0.2, -0.15) is 0 Å². The number of carboxylic acids is 2. The Balaban J connectivity index is 2.77. The van der Waals surface area contributed by atoms with E-state index >= 15 is 0 Å². The number of carbonyl (C=O) groups is 2. The van der Waals surface area contributed by atoms with Crippen molar-refractivity contribution in [3.63, 3.8) is 0 Å². The van der Waals surface area contributed by atoms with Crippen molar-refractivity contribution in [2.45, 2.75) is 116 Å². The second-order valence-corrected chi connectivity index (χ2v) is 8.54. The Bertz CT molecular complexity index is 623. The van der Waals surface area contributed by atoms with Crippen LogP contribution in [0.15, 0.2) is 18.2 Å². The summed E-state index contributed by atoms with van der Waals surface area (Å²) in [5.41, 5.74) is 0.607. The summed E-state index contributed by atoms with van der Waals surface area (Å²) in [4.78, 5) is 23.5. The lowest BCUT2D eigenvalue weighted by Crippen LogP contribution is -2.14. The van der Waals surface area contributed by atoms with Gasteiger partial charge in [-0.1, -0.05) is 109 Å². The van der Waals surface area contributed by atoms with Crippen molar-refractivity contribution in [1.82, 2.24) is 0 Å². The van der Waals surface area contributed by atoms with Gasteiger partial charge in [0.15, 0.2) is 0 Å². The first-order valence-electron chi connectivity index (χ1n) is 12.1. The predicted octanol–water partition coefficient (Wildman–Crippen LogP) is 8.06. The van der Waals surface area contributed by atoms with Crippen LogP contribution in [0.1, 0.15) is 142 Å². The zero-order valence-electron chi connectivity index (χ0n) is 19.1. The molecule has 0 spiro atoms. The number of benzene rings is 1. The van der Waals surface area contributed by atoms with Gasteiger partial charge in [0, 0.05) is 0 Å². The Kier molecular flexibility index (Phi) is 13.9. The molecule has 1 atom stereocenters. The van der Waals surface area contributed by atoms with Crippen molar-refractivity contribution in [2.75, 3.05) is 0 Å². The van der Waals surface area contributed by atoms with Crippen LogP contribution in [-0.4, -0.2) is 22.2 Å². The zero-order valence-corrected chi connectivity index (χ0v) is 19.1. The molecule has 0 amide bonds. The molecule has 0 radical (unpaired) electrons. The minimum Gasteiger partial charge on any atom is -0.478 e. The minimum absolute atomic E-state index is 0.0110. The first-order valence-corrected chi connectivity index (χ1v) is 12.1.